The highest BCUT2D eigenvalue weighted by molar-refractivity contribution is 7.89. The molecule has 2 amide bonds. The summed E-state index contributed by atoms with van der Waals surface area (Å²) in [5, 5.41) is 2.41. The summed E-state index contributed by atoms with van der Waals surface area (Å²) in [5.74, 6) is -3.22. The molecule has 0 radical (unpaired) electrons. The standard InChI is InChI=1S/C24H24F3N3O5S/c1-13-6-9-19(12-14(13)2)30-15(3)21(16(4)31)23(22(30)33,24(25,26)27)29-36(34,35)20-10-7-18(8-11-20)28-17(5)32/h6-12,29H,1-5H3,(H,28,32)/t23-/m1/s1. The van der Waals surface area contributed by atoms with E-state index in [2.05, 4.69) is 5.32 Å². The summed E-state index contributed by atoms with van der Waals surface area (Å²) in [6.07, 6.45) is -5.51. The summed E-state index contributed by atoms with van der Waals surface area (Å²) in [7, 11) is -4.99. The van der Waals surface area contributed by atoms with Gasteiger partial charge in [0, 0.05) is 24.0 Å². The molecule has 8 nitrogen and oxygen atoms in total. The van der Waals surface area contributed by atoms with E-state index >= 15 is 0 Å². The Morgan fingerprint density at radius 1 is 0.944 bits per heavy atom. The van der Waals surface area contributed by atoms with E-state index in [0.29, 0.717) is 10.5 Å². The van der Waals surface area contributed by atoms with Gasteiger partial charge in [-0.25, -0.2) is 8.42 Å². The number of Topliss-reactive ketones (excluding diaryl/α,β-unsaturated/α-hetero) is 1. The van der Waals surface area contributed by atoms with Crippen LogP contribution in [0.5, 0.6) is 0 Å². The molecule has 1 atom stereocenters. The second kappa shape index (κ2) is 9.17. The lowest BCUT2D eigenvalue weighted by Crippen LogP contribution is -2.66. The highest BCUT2D eigenvalue weighted by atomic mass is 32.2. The summed E-state index contributed by atoms with van der Waals surface area (Å²) in [4.78, 5) is 37.3. The van der Waals surface area contributed by atoms with E-state index in [-0.39, 0.29) is 17.1 Å². The zero-order valence-electron chi connectivity index (χ0n) is 20.1. The number of carbonyl (C=O) groups is 3. The van der Waals surface area contributed by atoms with Crippen molar-refractivity contribution in [3.63, 3.8) is 0 Å². The molecule has 3 rings (SSSR count). The van der Waals surface area contributed by atoms with Gasteiger partial charge in [-0.1, -0.05) is 6.07 Å². The van der Waals surface area contributed by atoms with E-state index < -0.39 is 49.8 Å². The van der Waals surface area contributed by atoms with Crippen LogP contribution < -0.4 is 14.9 Å². The summed E-state index contributed by atoms with van der Waals surface area (Å²) >= 11 is 0. The Morgan fingerprint density at radius 2 is 1.53 bits per heavy atom. The van der Waals surface area contributed by atoms with Crippen LogP contribution in [0, 0.1) is 13.8 Å². The number of amides is 2. The lowest BCUT2D eigenvalue weighted by atomic mass is 9.88. The summed E-state index contributed by atoms with van der Waals surface area (Å²) in [6, 6.07) is 8.82. The lowest BCUT2D eigenvalue weighted by molar-refractivity contribution is -0.183. The fourth-order valence-corrected chi connectivity index (χ4v) is 5.42. The highest BCUT2D eigenvalue weighted by Crippen LogP contribution is 2.47. The Kier molecular flexibility index (Phi) is 6.90. The van der Waals surface area contributed by atoms with Gasteiger partial charge in [0.2, 0.25) is 21.5 Å². The molecule has 0 fully saturated rings. The number of alkyl halides is 3. The van der Waals surface area contributed by atoms with Crippen molar-refractivity contribution >= 4 is 39.0 Å². The number of aryl methyl sites for hydroxylation is 2. The van der Waals surface area contributed by atoms with Crippen molar-refractivity contribution in [3.8, 4) is 0 Å². The van der Waals surface area contributed by atoms with Gasteiger partial charge in [0.25, 0.3) is 5.91 Å². The number of ketones is 1. The first kappa shape index (κ1) is 27.1. The zero-order valence-corrected chi connectivity index (χ0v) is 20.9. The van der Waals surface area contributed by atoms with Crippen molar-refractivity contribution in [2.45, 2.75) is 51.2 Å². The number of hydrogen-bond donors (Lipinski definition) is 2. The first-order valence-corrected chi connectivity index (χ1v) is 12.1. The van der Waals surface area contributed by atoms with Crippen molar-refractivity contribution in [1.82, 2.24) is 4.72 Å². The molecule has 0 aromatic heterocycles. The quantitative estimate of drug-likeness (QED) is 0.599. The molecule has 0 saturated carbocycles. The SMILES string of the molecule is CC(=O)Nc1ccc(S(=O)(=O)N[C@@]2(C(F)(F)F)C(=O)N(c3ccc(C)c(C)c3)C(C)=C2C(C)=O)cc1. The maximum absolute atomic E-state index is 14.7. The topological polar surface area (TPSA) is 113 Å². The van der Waals surface area contributed by atoms with Crippen LogP contribution in [0.25, 0.3) is 0 Å². The van der Waals surface area contributed by atoms with Crippen LogP contribution >= 0.6 is 0 Å². The molecule has 2 aromatic rings. The number of sulfonamides is 1. The van der Waals surface area contributed by atoms with Crippen LogP contribution in [0.4, 0.5) is 24.5 Å². The molecular formula is C24H24F3N3O5S. The van der Waals surface area contributed by atoms with Crippen molar-refractivity contribution < 1.29 is 36.0 Å². The van der Waals surface area contributed by atoms with E-state index in [9.17, 15) is 36.0 Å². The smallest absolute Gasteiger partial charge is 0.326 e. The second-order valence-corrected chi connectivity index (χ2v) is 10.2. The van der Waals surface area contributed by atoms with Gasteiger partial charge in [-0.2, -0.15) is 17.9 Å². The van der Waals surface area contributed by atoms with Crippen LogP contribution in [-0.2, 0) is 24.4 Å². The Hall–Kier alpha value is -3.51. The summed E-state index contributed by atoms with van der Waals surface area (Å²) in [5.41, 5.74) is -3.43. The van der Waals surface area contributed by atoms with Crippen LogP contribution in [0.1, 0.15) is 31.9 Å². The third kappa shape index (κ3) is 4.53. The van der Waals surface area contributed by atoms with Crippen molar-refractivity contribution in [2.24, 2.45) is 0 Å². The molecule has 0 saturated heterocycles. The third-order valence-corrected chi connectivity index (χ3v) is 7.36. The lowest BCUT2D eigenvalue weighted by Gasteiger charge is -2.33. The molecule has 1 aliphatic heterocycles. The number of nitrogens with zero attached hydrogens (tertiary/aromatic N) is 1. The van der Waals surface area contributed by atoms with Gasteiger partial charge in [0.1, 0.15) is 0 Å². The molecule has 192 valence electrons. The first-order valence-electron chi connectivity index (χ1n) is 10.7. The molecule has 1 aliphatic rings. The number of halogens is 3. The average molecular weight is 524 g/mol. The van der Waals surface area contributed by atoms with Crippen LogP contribution in [0.2, 0.25) is 0 Å². The number of benzene rings is 2. The first-order chi connectivity index (χ1) is 16.5. The predicted octanol–water partition coefficient (Wildman–Crippen LogP) is 3.75. The molecular weight excluding hydrogens is 499 g/mol. The number of allylic oxidation sites excluding steroid dienone is 1. The molecule has 0 aliphatic carbocycles. The van der Waals surface area contributed by atoms with Crippen LogP contribution in [-0.4, -0.2) is 37.7 Å². The van der Waals surface area contributed by atoms with Crippen molar-refractivity contribution in [2.75, 3.05) is 10.2 Å². The van der Waals surface area contributed by atoms with Crippen molar-refractivity contribution in [1.29, 1.82) is 0 Å². The number of hydrogen-bond acceptors (Lipinski definition) is 5. The molecule has 2 N–H and O–H groups in total. The van der Waals surface area contributed by atoms with Gasteiger partial charge in [0.15, 0.2) is 5.78 Å². The minimum atomic E-state index is -5.51. The largest absolute Gasteiger partial charge is 0.421 e. The number of anilines is 2. The molecule has 0 spiro atoms. The van der Waals surface area contributed by atoms with Crippen molar-refractivity contribution in [3.05, 3.63) is 64.9 Å². The Balaban J connectivity index is 2.19. The highest BCUT2D eigenvalue weighted by Gasteiger charge is 2.70. The molecule has 1 heterocycles. The Morgan fingerprint density at radius 3 is 2.00 bits per heavy atom. The van der Waals surface area contributed by atoms with Gasteiger partial charge in [-0.05, 0) is 75.2 Å². The molecule has 12 heteroatoms. The van der Waals surface area contributed by atoms with E-state index in [0.717, 1.165) is 31.5 Å². The number of carbonyl (C=O) groups excluding carboxylic acids is 3. The molecule has 0 bridgehead atoms. The average Bonchev–Trinajstić information content (AvgIpc) is 2.96. The minimum absolute atomic E-state index is 0.0596. The Bertz CT molecular complexity index is 1400. The number of nitrogens with one attached hydrogen (secondary N) is 2. The fourth-order valence-electron chi connectivity index (χ4n) is 4.10. The van der Waals surface area contributed by atoms with E-state index in [1.807, 2.05) is 0 Å². The molecule has 2 aromatic carbocycles. The maximum Gasteiger partial charge on any atom is 0.421 e. The predicted molar refractivity (Wildman–Crippen MR) is 127 cm³/mol. The minimum Gasteiger partial charge on any atom is -0.326 e. The fraction of sp³-hybridized carbons (Fsp3) is 0.292. The summed E-state index contributed by atoms with van der Waals surface area (Å²) in [6.45, 7) is 6.71. The monoisotopic (exact) mass is 523 g/mol. The maximum atomic E-state index is 14.7. The number of rotatable bonds is 6. The van der Waals surface area contributed by atoms with E-state index in [1.54, 1.807) is 19.9 Å². The van der Waals surface area contributed by atoms with Gasteiger partial charge >= 0.3 is 6.18 Å². The van der Waals surface area contributed by atoms with E-state index in [1.165, 1.54) is 35.9 Å². The van der Waals surface area contributed by atoms with Gasteiger partial charge in [-0.15, -0.1) is 0 Å². The summed E-state index contributed by atoms with van der Waals surface area (Å²) < 4.78 is 72.0. The Labute approximate surface area is 206 Å². The molecule has 0 unspecified atom stereocenters. The van der Waals surface area contributed by atoms with Crippen LogP contribution in [0.15, 0.2) is 58.6 Å². The second-order valence-electron chi connectivity index (χ2n) is 8.48. The van der Waals surface area contributed by atoms with Crippen LogP contribution in [0.3, 0.4) is 0 Å². The molecule has 36 heavy (non-hydrogen) atoms. The third-order valence-electron chi connectivity index (χ3n) is 5.89. The zero-order chi connectivity index (χ0) is 27.2. The van der Waals surface area contributed by atoms with Gasteiger partial charge in [-0.3, -0.25) is 19.3 Å². The normalized spacial score (nSPS) is 18.6. The van der Waals surface area contributed by atoms with Gasteiger partial charge < -0.3 is 5.32 Å². The van der Waals surface area contributed by atoms with Gasteiger partial charge in [0.05, 0.1) is 10.5 Å². The van der Waals surface area contributed by atoms with E-state index in [4.69, 9.17) is 0 Å².